The van der Waals surface area contributed by atoms with Crippen molar-refractivity contribution in [3.63, 3.8) is 0 Å². The topological polar surface area (TPSA) is 17.8 Å². The first-order chi connectivity index (χ1) is 18.4. The van der Waals surface area contributed by atoms with Crippen molar-refractivity contribution in [2.24, 2.45) is 0 Å². The van der Waals surface area contributed by atoms with E-state index in [2.05, 4.69) is 131 Å². The van der Waals surface area contributed by atoms with Gasteiger partial charge in [0, 0.05) is 34.2 Å². The van der Waals surface area contributed by atoms with Gasteiger partial charge in [-0.15, -0.1) is 0 Å². The Balaban J connectivity index is 1.38. The Bertz CT molecular complexity index is 2060. The van der Waals surface area contributed by atoms with Crippen LogP contribution in [-0.2, 0) is 0 Å². The van der Waals surface area contributed by atoms with E-state index in [1.165, 1.54) is 70.9 Å². The molecule has 2 aromatic heterocycles. The smallest absolute Gasteiger partial charge is 0.0541 e. The molecule has 0 N–H and O–H groups in total. The molecule has 0 bridgehead atoms. The second-order valence-corrected chi connectivity index (χ2v) is 9.65. The van der Waals surface area contributed by atoms with Crippen molar-refractivity contribution in [2.75, 3.05) is 0 Å². The predicted molar refractivity (Wildman–Crippen MR) is 157 cm³/mol. The van der Waals surface area contributed by atoms with E-state index in [-0.39, 0.29) is 0 Å². The Kier molecular flexibility index (Phi) is 4.26. The van der Waals surface area contributed by atoms with Gasteiger partial charge >= 0.3 is 0 Å². The molecule has 0 aliphatic heterocycles. The molecule has 0 unspecified atom stereocenters. The van der Waals surface area contributed by atoms with E-state index in [1.54, 1.807) is 0 Å². The number of benzene rings is 6. The zero-order chi connectivity index (χ0) is 24.3. The zero-order valence-corrected chi connectivity index (χ0v) is 20.1. The van der Waals surface area contributed by atoms with Crippen LogP contribution in [0.2, 0.25) is 0 Å². The van der Waals surface area contributed by atoms with Crippen molar-refractivity contribution >= 4 is 54.1 Å². The molecule has 0 saturated carbocycles. The van der Waals surface area contributed by atoms with Crippen molar-refractivity contribution in [1.29, 1.82) is 0 Å². The fraction of sp³-hybridized carbons (Fsp3) is 0. The minimum absolute atomic E-state index is 1.17. The first-order valence-corrected chi connectivity index (χ1v) is 12.6. The average Bonchev–Trinajstić information content (AvgIpc) is 3.32. The lowest BCUT2D eigenvalue weighted by atomic mass is 9.93. The third-order valence-corrected chi connectivity index (χ3v) is 7.66. The first-order valence-electron chi connectivity index (χ1n) is 12.6. The average molecular weight is 471 g/mol. The largest absolute Gasteiger partial charge is 0.309 e. The standard InChI is InChI=1S/C35H22N2/c1-2-11-27-26(10-1)28-17-16-24(21-32(28)29-18-19-36-22-33(27)29)23-8-7-9-25(20-23)37-34-14-5-3-12-30(34)31-13-4-6-15-35(31)37/h1-22H. The maximum Gasteiger partial charge on any atom is 0.0541 e. The number of pyridine rings is 1. The highest BCUT2D eigenvalue weighted by molar-refractivity contribution is 6.25. The second-order valence-electron chi connectivity index (χ2n) is 9.65. The Morgan fingerprint density at radius 3 is 1.76 bits per heavy atom. The minimum Gasteiger partial charge on any atom is -0.309 e. The summed E-state index contributed by atoms with van der Waals surface area (Å²) in [6, 6.07) is 43.9. The SMILES string of the molecule is c1cc(-c2ccc3c4ccccc4c4cnccc4c3c2)cc(-n2c3ccccc3c3ccccc32)c1. The molecule has 0 spiro atoms. The molecular weight excluding hydrogens is 448 g/mol. The summed E-state index contributed by atoms with van der Waals surface area (Å²) in [4.78, 5) is 4.44. The predicted octanol–water partition coefficient (Wildman–Crippen LogP) is 9.31. The highest BCUT2D eigenvalue weighted by atomic mass is 15.0. The summed E-state index contributed by atoms with van der Waals surface area (Å²) in [7, 11) is 0. The van der Waals surface area contributed by atoms with Gasteiger partial charge in [-0.2, -0.15) is 0 Å². The van der Waals surface area contributed by atoms with Crippen LogP contribution in [0, 0.1) is 0 Å². The summed E-state index contributed by atoms with van der Waals surface area (Å²) in [5.41, 5.74) is 6.04. The highest BCUT2D eigenvalue weighted by Crippen LogP contribution is 2.38. The summed E-state index contributed by atoms with van der Waals surface area (Å²) >= 11 is 0. The number of rotatable bonds is 2. The molecule has 37 heavy (non-hydrogen) atoms. The van der Waals surface area contributed by atoms with Crippen molar-refractivity contribution in [3.05, 3.63) is 134 Å². The fourth-order valence-corrected chi connectivity index (χ4v) is 6.00. The van der Waals surface area contributed by atoms with Crippen LogP contribution in [0.1, 0.15) is 0 Å². The van der Waals surface area contributed by atoms with Crippen LogP contribution in [-0.4, -0.2) is 9.55 Å². The van der Waals surface area contributed by atoms with E-state index < -0.39 is 0 Å². The maximum absolute atomic E-state index is 4.44. The Morgan fingerprint density at radius 2 is 1.00 bits per heavy atom. The van der Waals surface area contributed by atoms with Gasteiger partial charge in [-0.05, 0) is 74.5 Å². The van der Waals surface area contributed by atoms with Gasteiger partial charge in [-0.3, -0.25) is 4.98 Å². The Hall–Kier alpha value is -4.95. The molecule has 0 aliphatic carbocycles. The third kappa shape index (κ3) is 2.96. The molecule has 6 aromatic carbocycles. The Labute approximate surface area is 214 Å². The van der Waals surface area contributed by atoms with Gasteiger partial charge < -0.3 is 4.57 Å². The van der Waals surface area contributed by atoms with Crippen LogP contribution < -0.4 is 0 Å². The van der Waals surface area contributed by atoms with Crippen LogP contribution in [0.4, 0.5) is 0 Å². The van der Waals surface area contributed by atoms with Gasteiger partial charge in [0.15, 0.2) is 0 Å². The maximum atomic E-state index is 4.44. The second kappa shape index (κ2) is 7.78. The summed E-state index contributed by atoms with van der Waals surface area (Å²) in [5.74, 6) is 0. The van der Waals surface area contributed by atoms with Gasteiger partial charge in [0.2, 0.25) is 0 Å². The minimum atomic E-state index is 1.17. The number of nitrogens with zero attached hydrogens (tertiary/aromatic N) is 2. The van der Waals surface area contributed by atoms with Gasteiger partial charge in [-0.25, -0.2) is 0 Å². The molecule has 0 saturated heterocycles. The van der Waals surface area contributed by atoms with Crippen molar-refractivity contribution in [1.82, 2.24) is 9.55 Å². The van der Waals surface area contributed by atoms with Crippen LogP contribution in [0.15, 0.2) is 134 Å². The lowest BCUT2D eigenvalue weighted by Crippen LogP contribution is -1.94. The number of fused-ring (bicyclic) bond motifs is 9. The van der Waals surface area contributed by atoms with Crippen molar-refractivity contribution in [3.8, 4) is 16.8 Å². The fourth-order valence-electron chi connectivity index (χ4n) is 6.00. The quantitative estimate of drug-likeness (QED) is 0.230. The van der Waals surface area contributed by atoms with E-state index >= 15 is 0 Å². The molecule has 8 aromatic rings. The summed E-state index contributed by atoms with van der Waals surface area (Å²) in [6.45, 7) is 0. The molecule has 2 nitrogen and oxygen atoms in total. The number of para-hydroxylation sites is 2. The normalized spacial score (nSPS) is 11.8. The molecule has 2 heteroatoms. The summed E-state index contributed by atoms with van der Waals surface area (Å²) in [5, 5.41) is 10.0. The van der Waals surface area contributed by atoms with Crippen LogP contribution in [0.3, 0.4) is 0 Å². The molecule has 0 amide bonds. The first kappa shape index (κ1) is 20.3. The molecule has 2 heterocycles. The number of hydrogen-bond acceptors (Lipinski definition) is 1. The van der Waals surface area contributed by atoms with Crippen LogP contribution in [0.25, 0.3) is 70.9 Å². The molecule has 0 atom stereocenters. The Morgan fingerprint density at radius 1 is 0.405 bits per heavy atom. The number of aromatic nitrogens is 2. The molecule has 172 valence electrons. The summed E-state index contributed by atoms with van der Waals surface area (Å²) < 4.78 is 2.38. The molecular formula is C35H22N2. The van der Waals surface area contributed by atoms with E-state index in [0.29, 0.717) is 0 Å². The lowest BCUT2D eigenvalue weighted by molar-refractivity contribution is 1.18. The van der Waals surface area contributed by atoms with Crippen molar-refractivity contribution in [2.45, 2.75) is 0 Å². The van der Waals surface area contributed by atoms with Gasteiger partial charge in [-0.1, -0.05) is 84.9 Å². The monoisotopic (exact) mass is 470 g/mol. The summed E-state index contributed by atoms with van der Waals surface area (Å²) in [6.07, 6.45) is 3.89. The molecule has 0 fully saturated rings. The van der Waals surface area contributed by atoms with E-state index in [4.69, 9.17) is 0 Å². The van der Waals surface area contributed by atoms with Gasteiger partial charge in [0.05, 0.1) is 11.0 Å². The van der Waals surface area contributed by atoms with Gasteiger partial charge in [0.25, 0.3) is 0 Å². The zero-order valence-electron chi connectivity index (χ0n) is 20.1. The van der Waals surface area contributed by atoms with Crippen LogP contribution >= 0.6 is 0 Å². The number of hydrogen-bond donors (Lipinski definition) is 0. The van der Waals surface area contributed by atoms with E-state index in [1.807, 2.05) is 12.4 Å². The van der Waals surface area contributed by atoms with E-state index in [9.17, 15) is 0 Å². The molecule has 8 rings (SSSR count). The van der Waals surface area contributed by atoms with Crippen molar-refractivity contribution < 1.29 is 0 Å². The third-order valence-electron chi connectivity index (χ3n) is 7.66. The molecule has 0 radical (unpaired) electrons. The lowest BCUT2D eigenvalue weighted by Gasteiger charge is -2.13. The highest BCUT2D eigenvalue weighted by Gasteiger charge is 2.13. The van der Waals surface area contributed by atoms with Gasteiger partial charge in [0.1, 0.15) is 0 Å². The van der Waals surface area contributed by atoms with Crippen LogP contribution in [0.5, 0.6) is 0 Å². The van der Waals surface area contributed by atoms with E-state index in [0.717, 1.165) is 0 Å². The molecule has 0 aliphatic rings.